The minimum atomic E-state index is -0.0818. The van der Waals surface area contributed by atoms with Crippen LogP contribution in [0.3, 0.4) is 0 Å². The third-order valence-corrected chi connectivity index (χ3v) is 3.99. The smallest absolute Gasteiger partial charge is 0.251 e. The Labute approximate surface area is 124 Å². The number of carbonyl (C=O) groups is 1. The van der Waals surface area contributed by atoms with E-state index >= 15 is 0 Å². The first-order valence-electron chi connectivity index (χ1n) is 6.85. The normalized spacial score (nSPS) is 16.4. The Morgan fingerprint density at radius 3 is 2.75 bits per heavy atom. The molecule has 4 heteroatoms. The SMILES string of the molecule is CC1(NC(=O)c2ccc(C#CCN)c(Cl)c2)CCCC1. The summed E-state index contributed by atoms with van der Waals surface area (Å²) < 4.78 is 0. The summed E-state index contributed by atoms with van der Waals surface area (Å²) in [5, 5.41) is 3.59. The van der Waals surface area contributed by atoms with Crippen molar-refractivity contribution in [2.24, 2.45) is 5.73 Å². The Morgan fingerprint density at radius 2 is 2.15 bits per heavy atom. The predicted octanol–water partition coefficient (Wildman–Crippen LogP) is 2.71. The molecule has 20 heavy (non-hydrogen) atoms. The standard InChI is InChI=1S/C16H19ClN2O/c1-16(8-2-3-9-16)19-15(20)13-7-6-12(5-4-10-18)14(17)11-13/h6-7,11H,2-3,8-10,18H2,1H3,(H,19,20). The number of benzene rings is 1. The molecule has 0 heterocycles. The molecule has 3 nitrogen and oxygen atoms in total. The predicted molar refractivity (Wildman–Crippen MR) is 81.7 cm³/mol. The summed E-state index contributed by atoms with van der Waals surface area (Å²) >= 11 is 6.14. The summed E-state index contributed by atoms with van der Waals surface area (Å²) in [4.78, 5) is 12.3. The lowest BCUT2D eigenvalue weighted by Crippen LogP contribution is -2.43. The number of rotatable bonds is 2. The molecule has 2 rings (SSSR count). The molecule has 1 aromatic carbocycles. The van der Waals surface area contributed by atoms with Crippen molar-refractivity contribution in [2.75, 3.05) is 6.54 Å². The Hall–Kier alpha value is -1.50. The van der Waals surface area contributed by atoms with E-state index in [1.54, 1.807) is 18.2 Å². The molecule has 0 spiro atoms. The first kappa shape index (κ1) is 14.9. The first-order chi connectivity index (χ1) is 9.54. The van der Waals surface area contributed by atoms with Crippen molar-refractivity contribution in [1.82, 2.24) is 5.32 Å². The summed E-state index contributed by atoms with van der Waals surface area (Å²) in [6, 6.07) is 5.17. The quantitative estimate of drug-likeness (QED) is 0.823. The molecule has 0 aliphatic heterocycles. The molecule has 0 unspecified atom stereocenters. The second-order valence-electron chi connectivity index (χ2n) is 5.42. The van der Waals surface area contributed by atoms with Crippen LogP contribution in [0.15, 0.2) is 18.2 Å². The fourth-order valence-corrected chi connectivity index (χ4v) is 2.76. The van der Waals surface area contributed by atoms with E-state index in [9.17, 15) is 4.79 Å². The Morgan fingerprint density at radius 1 is 1.45 bits per heavy atom. The monoisotopic (exact) mass is 290 g/mol. The Bertz CT molecular complexity index is 566. The molecule has 3 N–H and O–H groups in total. The molecule has 1 amide bonds. The molecule has 1 fully saturated rings. The van der Waals surface area contributed by atoms with Crippen LogP contribution in [-0.4, -0.2) is 18.0 Å². The van der Waals surface area contributed by atoms with Crippen LogP contribution >= 0.6 is 11.6 Å². The van der Waals surface area contributed by atoms with Crippen molar-refractivity contribution in [3.63, 3.8) is 0 Å². The van der Waals surface area contributed by atoms with Crippen molar-refractivity contribution in [3.8, 4) is 11.8 Å². The van der Waals surface area contributed by atoms with Gasteiger partial charge < -0.3 is 11.1 Å². The van der Waals surface area contributed by atoms with Gasteiger partial charge in [0.2, 0.25) is 0 Å². The summed E-state index contributed by atoms with van der Waals surface area (Å²) in [7, 11) is 0. The highest BCUT2D eigenvalue weighted by Gasteiger charge is 2.30. The van der Waals surface area contributed by atoms with Gasteiger partial charge in [-0.1, -0.05) is 36.3 Å². The minimum absolute atomic E-state index is 0.0744. The minimum Gasteiger partial charge on any atom is -0.347 e. The maximum absolute atomic E-state index is 12.3. The second-order valence-corrected chi connectivity index (χ2v) is 5.83. The van der Waals surface area contributed by atoms with E-state index in [-0.39, 0.29) is 18.0 Å². The molecule has 0 saturated heterocycles. The van der Waals surface area contributed by atoms with Crippen LogP contribution in [0.2, 0.25) is 5.02 Å². The molecular weight excluding hydrogens is 272 g/mol. The number of hydrogen-bond acceptors (Lipinski definition) is 2. The van der Waals surface area contributed by atoms with E-state index in [0.717, 1.165) is 12.8 Å². The molecule has 1 saturated carbocycles. The third-order valence-electron chi connectivity index (χ3n) is 3.68. The number of nitrogens with two attached hydrogens (primary N) is 1. The van der Waals surface area contributed by atoms with Gasteiger partial charge in [0.05, 0.1) is 11.6 Å². The van der Waals surface area contributed by atoms with E-state index in [2.05, 4.69) is 24.1 Å². The van der Waals surface area contributed by atoms with Crippen LogP contribution in [0.1, 0.15) is 48.5 Å². The summed E-state index contributed by atoms with van der Waals surface area (Å²) in [5.74, 6) is 5.56. The highest BCUT2D eigenvalue weighted by Crippen LogP contribution is 2.29. The van der Waals surface area contributed by atoms with Gasteiger partial charge in [-0.15, -0.1) is 0 Å². The lowest BCUT2D eigenvalue weighted by atomic mass is 10.00. The first-order valence-corrected chi connectivity index (χ1v) is 7.23. The number of amides is 1. The number of carbonyl (C=O) groups excluding carboxylic acids is 1. The lowest BCUT2D eigenvalue weighted by Gasteiger charge is -2.25. The van der Waals surface area contributed by atoms with Crippen LogP contribution in [0.4, 0.5) is 0 Å². The zero-order valence-electron chi connectivity index (χ0n) is 11.6. The van der Waals surface area contributed by atoms with Gasteiger partial charge in [0, 0.05) is 16.7 Å². The van der Waals surface area contributed by atoms with Crippen LogP contribution in [0.5, 0.6) is 0 Å². The molecule has 0 aromatic heterocycles. The summed E-state index contributed by atoms with van der Waals surface area (Å²) in [6.45, 7) is 2.39. The third kappa shape index (κ3) is 3.53. The van der Waals surface area contributed by atoms with Crippen molar-refractivity contribution in [1.29, 1.82) is 0 Å². The lowest BCUT2D eigenvalue weighted by molar-refractivity contribution is 0.0908. The van der Waals surface area contributed by atoms with E-state index in [1.807, 2.05) is 0 Å². The van der Waals surface area contributed by atoms with Gasteiger partial charge in [0.15, 0.2) is 0 Å². The maximum Gasteiger partial charge on any atom is 0.251 e. The van der Waals surface area contributed by atoms with Gasteiger partial charge >= 0.3 is 0 Å². The molecule has 0 bridgehead atoms. The number of halogens is 1. The van der Waals surface area contributed by atoms with Crippen molar-refractivity contribution >= 4 is 17.5 Å². The van der Waals surface area contributed by atoms with Crippen LogP contribution in [-0.2, 0) is 0 Å². The zero-order chi connectivity index (χ0) is 14.6. The van der Waals surface area contributed by atoms with E-state index in [0.29, 0.717) is 16.1 Å². The van der Waals surface area contributed by atoms with Gasteiger partial charge in [-0.25, -0.2) is 0 Å². The summed E-state index contributed by atoms with van der Waals surface area (Å²) in [5.41, 5.74) is 6.51. The molecule has 106 valence electrons. The fraction of sp³-hybridized carbons (Fsp3) is 0.438. The Balaban J connectivity index is 2.13. The highest BCUT2D eigenvalue weighted by molar-refractivity contribution is 6.32. The molecule has 1 aliphatic rings. The summed E-state index contributed by atoms with van der Waals surface area (Å²) in [6.07, 6.45) is 4.41. The topological polar surface area (TPSA) is 55.1 Å². The number of nitrogens with one attached hydrogen (secondary N) is 1. The van der Waals surface area contributed by atoms with Crippen LogP contribution < -0.4 is 11.1 Å². The van der Waals surface area contributed by atoms with E-state index in [1.165, 1.54) is 12.8 Å². The maximum atomic E-state index is 12.3. The van der Waals surface area contributed by atoms with Crippen molar-refractivity contribution in [2.45, 2.75) is 38.1 Å². The highest BCUT2D eigenvalue weighted by atomic mass is 35.5. The van der Waals surface area contributed by atoms with E-state index < -0.39 is 0 Å². The van der Waals surface area contributed by atoms with Gasteiger partial charge in [0.1, 0.15) is 0 Å². The molecule has 0 atom stereocenters. The molecule has 0 radical (unpaired) electrons. The van der Waals surface area contributed by atoms with Crippen LogP contribution in [0, 0.1) is 11.8 Å². The Kier molecular flexibility index (Phi) is 4.69. The zero-order valence-corrected chi connectivity index (χ0v) is 12.4. The van der Waals surface area contributed by atoms with Gasteiger partial charge in [0.25, 0.3) is 5.91 Å². The fourth-order valence-electron chi connectivity index (χ4n) is 2.53. The van der Waals surface area contributed by atoms with Gasteiger partial charge in [-0.2, -0.15) is 0 Å². The van der Waals surface area contributed by atoms with Crippen molar-refractivity contribution < 1.29 is 4.79 Å². The molecular formula is C16H19ClN2O. The average molecular weight is 291 g/mol. The molecule has 1 aromatic rings. The second kappa shape index (κ2) is 6.30. The van der Waals surface area contributed by atoms with Gasteiger partial charge in [-0.05, 0) is 38.0 Å². The largest absolute Gasteiger partial charge is 0.347 e. The van der Waals surface area contributed by atoms with E-state index in [4.69, 9.17) is 17.3 Å². The van der Waals surface area contributed by atoms with Crippen molar-refractivity contribution in [3.05, 3.63) is 34.3 Å². The van der Waals surface area contributed by atoms with Gasteiger partial charge in [-0.3, -0.25) is 4.79 Å². The van der Waals surface area contributed by atoms with Crippen LogP contribution in [0.25, 0.3) is 0 Å². The number of hydrogen-bond donors (Lipinski definition) is 2. The average Bonchev–Trinajstić information content (AvgIpc) is 2.83. The molecule has 1 aliphatic carbocycles.